The second-order valence-corrected chi connectivity index (χ2v) is 6.75. The summed E-state index contributed by atoms with van der Waals surface area (Å²) in [5, 5.41) is 4.01. The molecular weight excluding hydrogens is 318 g/mol. The summed E-state index contributed by atoms with van der Waals surface area (Å²) >= 11 is 0. The number of carbonyl (C=O) groups excluding carboxylic acids is 2. The van der Waals surface area contributed by atoms with Gasteiger partial charge in [0.25, 0.3) is 11.8 Å². The molecule has 0 aliphatic carbocycles. The largest absolute Gasteiger partial charge is 0.385 e. The lowest BCUT2D eigenvalue weighted by atomic mass is 9.99. The Morgan fingerprint density at radius 1 is 1.28 bits per heavy atom. The fourth-order valence-corrected chi connectivity index (χ4v) is 3.30. The van der Waals surface area contributed by atoms with Crippen molar-refractivity contribution in [1.29, 1.82) is 0 Å². The van der Waals surface area contributed by atoms with E-state index in [-0.39, 0.29) is 24.1 Å². The highest BCUT2D eigenvalue weighted by atomic mass is 16.6. The second kappa shape index (κ2) is 7.68. The molecule has 0 N–H and O–H groups in total. The van der Waals surface area contributed by atoms with E-state index < -0.39 is 0 Å². The first-order valence-electron chi connectivity index (χ1n) is 9.00. The van der Waals surface area contributed by atoms with Crippen LogP contribution >= 0.6 is 0 Å². The maximum Gasteiger partial charge on any atom is 0.281 e. The molecule has 1 aromatic rings. The first kappa shape index (κ1) is 17.5. The molecule has 2 aliphatic rings. The Kier molecular flexibility index (Phi) is 5.36. The maximum absolute atomic E-state index is 12.6. The Morgan fingerprint density at radius 2 is 2.00 bits per heavy atom. The summed E-state index contributed by atoms with van der Waals surface area (Å²) in [7, 11) is 0. The van der Waals surface area contributed by atoms with Crippen molar-refractivity contribution >= 4 is 23.2 Å². The Balaban J connectivity index is 1.65. The zero-order valence-electron chi connectivity index (χ0n) is 14.9. The van der Waals surface area contributed by atoms with Crippen LogP contribution in [0.15, 0.2) is 29.4 Å². The molecule has 0 aromatic heterocycles. The summed E-state index contributed by atoms with van der Waals surface area (Å²) in [6, 6.07) is 7.54. The third kappa shape index (κ3) is 3.67. The van der Waals surface area contributed by atoms with E-state index in [1.165, 1.54) is 0 Å². The molecule has 0 saturated carbocycles. The van der Waals surface area contributed by atoms with Gasteiger partial charge in [-0.05, 0) is 31.2 Å². The molecule has 0 atom stereocenters. The van der Waals surface area contributed by atoms with Crippen LogP contribution in [0.3, 0.4) is 0 Å². The van der Waals surface area contributed by atoms with Crippen LogP contribution in [0.1, 0.15) is 38.7 Å². The van der Waals surface area contributed by atoms with Crippen LogP contribution in [0, 0.1) is 5.92 Å². The van der Waals surface area contributed by atoms with Crippen molar-refractivity contribution in [2.24, 2.45) is 11.1 Å². The third-order valence-corrected chi connectivity index (χ3v) is 4.83. The molecule has 0 radical (unpaired) electrons. The van der Waals surface area contributed by atoms with E-state index in [1.54, 1.807) is 4.90 Å². The van der Waals surface area contributed by atoms with E-state index in [0.29, 0.717) is 12.5 Å². The first-order chi connectivity index (χ1) is 12.1. The highest BCUT2D eigenvalue weighted by Crippen LogP contribution is 2.29. The van der Waals surface area contributed by atoms with Crippen molar-refractivity contribution in [3.63, 3.8) is 0 Å². The number of rotatable bonds is 5. The minimum Gasteiger partial charge on any atom is -0.385 e. The van der Waals surface area contributed by atoms with Gasteiger partial charge in [-0.1, -0.05) is 37.2 Å². The number of amides is 2. The van der Waals surface area contributed by atoms with Crippen LogP contribution in [0.25, 0.3) is 0 Å². The number of oxime groups is 1. The number of para-hydroxylation sites is 1. The Bertz CT molecular complexity index is 678. The molecule has 134 valence electrons. The van der Waals surface area contributed by atoms with Crippen LogP contribution in [-0.4, -0.2) is 48.7 Å². The lowest BCUT2D eigenvalue weighted by Gasteiger charge is -2.29. The van der Waals surface area contributed by atoms with Crippen molar-refractivity contribution in [2.75, 3.05) is 31.1 Å². The summed E-state index contributed by atoms with van der Waals surface area (Å²) in [5.74, 6) is 0.435. The molecule has 25 heavy (non-hydrogen) atoms. The number of nitrogens with zero attached hydrogens (tertiary/aromatic N) is 3. The molecule has 2 aliphatic heterocycles. The molecule has 3 rings (SSSR count). The molecule has 0 bridgehead atoms. The van der Waals surface area contributed by atoms with Crippen LogP contribution in [0.4, 0.5) is 5.69 Å². The van der Waals surface area contributed by atoms with E-state index in [2.05, 4.69) is 12.1 Å². The van der Waals surface area contributed by atoms with Gasteiger partial charge >= 0.3 is 0 Å². The van der Waals surface area contributed by atoms with Gasteiger partial charge in [0.2, 0.25) is 0 Å². The van der Waals surface area contributed by atoms with Gasteiger partial charge in [-0.15, -0.1) is 0 Å². The molecule has 6 nitrogen and oxygen atoms in total. The average Bonchev–Trinajstić information content (AvgIpc) is 2.88. The molecule has 1 fully saturated rings. The molecule has 6 heteroatoms. The zero-order chi connectivity index (χ0) is 17.8. The minimum atomic E-state index is -0.165. The van der Waals surface area contributed by atoms with E-state index in [4.69, 9.17) is 4.84 Å². The lowest BCUT2D eigenvalue weighted by molar-refractivity contribution is -0.137. The van der Waals surface area contributed by atoms with Crippen LogP contribution in [0.2, 0.25) is 0 Å². The molecule has 2 heterocycles. The Labute approximate surface area is 148 Å². The van der Waals surface area contributed by atoms with Crippen LogP contribution in [-0.2, 0) is 14.4 Å². The summed E-state index contributed by atoms with van der Waals surface area (Å²) in [5.41, 5.74) is 1.90. The monoisotopic (exact) mass is 343 g/mol. The smallest absolute Gasteiger partial charge is 0.281 e. The van der Waals surface area contributed by atoms with Gasteiger partial charge in [0.1, 0.15) is 0 Å². The normalized spacial score (nSPS) is 19.4. The van der Waals surface area contributed by atoms with Gasteiger partial charge in [-0.25, -0.2) is 0 Å². The third-order valence-electron chi connectivity index (χ3n) is 4.83. The Hall–Kier alpha value is -2.37. The number of fused-ring (bicyclic) bond motifs is 1. The SMILES string of the molecule is CCCN1C(=O)/C(=N\OCC(=O)N2CCC(C)CC2)c2ccccc21. The van der Waals surface area contributed by atoms with E-state index in [9.17, 15) is 9.59 Å². The van der Waals surface area contributed by atoms with Gasteiger partial charge < -0.3 is 14.6 Å². The number of carbonyl (C=O) groups is 2. The summed E-state index contributed by atoms with van der Waals surface area (Å²) in [4.78, 5) is 33.6. The van der Waals surface area contributed by atoms with Gasteiger partial charge in [0, 0.05) is 25.2 Å². The highest BCUT2D eigenvalue weighted by Gasteiger charge is 2.33. The van der Waals surface area contributed by atoms with E-state index >= 15 is 0 Å². The van der Waals surface area contributed by atoms with Crippen molar-refractivity contribution in [1.82, 2.24) is 4.90 Å². The number of likely N-dealkylation sites (tertiary alicyclic amines) is 1. The summed E-state index contributed by atoms with van der Waals surface area (Å²) in [6.07, 6.45) is 2.91. The van der Waals surface area contributed by atoms with Gasteiger partial charge in [-0.2, -0.15) is 0 Å². The van der Waals surface area contributed by atoms with Gasteiger partial charge in [0.15, 0.2) is 12.3 Å². The second-order valence-electron chi connectivity index (χ2n) is 6.75. The molecule has 1 saturated heterocycles. The predicted octanol–water partition coefficient (Wildman–Crippen LogP) is 2.42. The highest BCUT2D eigenvalue weighted by molar-refractivity contribution is 6.54. The minimum absolute atomic E-state index is 0.0691. The molecule has 1 aromatic carbocycles. The van der Waals surface area contributed by atoms with E-state index in [0.717, 1.165) is 43.6 Å². The number of piperidine rings is 1. The Morgan fingerprint density at radius 3 is 2.72 bits per heavy atom. The standard InChI is InChI=1S/C19H25N3O3/c1-3-10-22-16-7-5-4-6-15(16)18(19(22)24)20-25-13-17(23)21-11-8-14(2)9-12-21/h4-7,14H,3,8-13H2,1-2H3/b20-18-. The molecular formula is C19H25N3O3. The number of hydrogen-bond donors (Lipinski definition) is 0. The average molecular weight is 343 g/mol. The number of benzene rings is 1. The van der Waals surface area contributed by atoms with Crippen molar-refractivity contribution < 1.29 is 14.4 Å². The van der Waals surface area contributed by atoms with Gasteiger partial charge in [-0.3, -0.25) is 9.59 Å². The molecule has 2 amide bonds. The van der Waals surface area contributed by atoms with Crippen molar-refractivity contribution in [2.45, 2.75) is 33.1 Å². The summed E-state index contributed by atoms with van der Waals surface area (Å²) < 4.78 is 0. The van der Waals surface area contributed by atoms with Crippen molar-refractivity contribution in [3.8, 4) is 0 Å². The van der Waals surface area contributed by atoms with Crippen LogP contribution < -0.4 is 4.90 Å². The lowest BCUT2D eigenvalue weighted by Crippen LogP contribution is -2.39. The maximum atomic E-state index is 12.6. The quantitative estimate of drug-likeness (QED) is 0.772. The molecule has 0 spiro atoms. The van der Waals surface area contributed by atoms with Crippen LogP contribution in [0.5, 0.6) is 0 Å². The topological polar surface area (TPSA) is 62.2 Å². The van der Waals surface area contributed by atoms with E-state index in [1.807, 2.05) is 36.1 Å². The molecule has 0 unspecified atom stereocenters. The fraction of sp³-hybridized carbons (Fsp3) is 0.526. The first-order valence-corrected chi connectivity index (χ1v) is 9.00. The number of hydrogen-bond acceptors (Lipinski definition) is 4. The predicted molar refractivity (Wildman–Crippen MR) is 96.6 cm³/mol. The zero-order valence-corrected chi connectivity index (χ0v) is 14.9. The number of anilines is 1. The van der Waals surface area contributed by atoms with Crippen molar-refractivity contribution in [3.05, 3.63) is 29.8 Å². The summed E-state index contributed by atoms with van der Waals surface area (Å²) in [6.45, 7) is 6.29. The fourth-order valence-electron chi connectivity index (χ4n) is 3.30. The van der Waals surface area contributed by atoms with Gasteiger partial charge in [0.05, 0.1) is 5.69 Å².